The molecule has 2 aliphatic heterocycles. The van der Waals surface area contributed by atoms with Gasteiger partial charge in [-0.2, -0.15) is 13.2 Å². The average molecular weight is 432 g/mol. The quantitative estimate of drug-likeness (QED) is 0.718. The zero-order valence-corrected chi connectivity index (χ0v) is 17.4. The first-order valence-corrected chi connectivity index (χ1v) is 10.2. The van der Waals surface area contributed by atoms with Crippen LogP contribution in [0.4, 0.5) is 18.9 Å². The molecule has 5 nitrogen and oxygen atoms in total. The van der Waals surface area contributed by atoms with Crippen molar-refractivity contribution in [3.8, 4) is 5.75 Å². The number of amides is 2. The largest absolute Gasteiger partial charge is 0.487 e. The van der Waals surface area contributed by atoms with Crippen molar-refractivity contribution >= 4 is 17.5 Å². The minimum Gasteiger partial charge on any atom is -0.487 e. The van der Waals surface area contributed by atoms with Crippen LogP contribution in [0.5, 0.6) is 5.75 Å². The Morgan fingerprint density at radius 3 is 2.52 bits per heavy atom. The van der Waals surface area contributed by atoms with Gasteiger partial charge < -0.3 is 14.5 Å². The SMILES string of the molecule is CC1CN(C(=O)[C@H](C(C)C)N2Cc3ccccc3C2=O)c2cc(C(F)(F)F)ccc2O1. The number of nitrogens with zero attached hydrogens (tertiary/aromatic N) is 2. The number of carbonyl (C=O) groups excluding carboxylic acids is 2. The van der Waals surface area contributed by atoms with Gasteiger partial charge in [-0.25, -0.2) is 0 Å². The van der Waals surface area contributed by atoms with Gasteiger partial charge in [0.25, 0.3) is 5.91 Å². The van der Waals surface area contributed by atoms with Crippen molar-refractivity contribution in [1.29, 1.82) is 0 Å². The van der Waals surface area contributed by atoms with Gasteiger partial charge in [-0.1, -0.05) is 32.0 Å². The van der Waals surface area contributed by atoms with Crippen molar-refractivity contribution < 1.29 is 27.5 Å². The molecule has 2 aromatic rings. The molecule has 0 spiro atoms. The maximum atomic E-state index is 13.7. The van der Waals surface area contributed by atoms with Gasteiger partial charge in [0, 0.05) is 12.1 Å². The highest BCUT2D eigenvalue weighted by atomic mass is 19.4. The summed E-state index contributed by atoms with van der Waals surface area (Å²) in [5, 5.41) is 0. The third-order valence-electron chi connectivity index (χ3n) is 5.68. The fourth-order valence-electron chi connectivity index (χ4n) is 4.26. The monoisotopic (exact) mass is 432 g/mol. The molecule has 2 amide bonds. The molecule has 2 aliphatic rings. The van der Waals surface area contributed by atoms with E-state index >= 15 is 0 Å². The highest BCUT2D eigenvalue weighted by Gasteiger charge is 2.42. The Hall–Kier alpha value is -3.03. The third kappa shape index (κ3) is 3.75. The van der Waals surface area contributed by atoms with E-state index in [2.05, 4.69) is 0 Å². The maximum absolute atomic E-state index is 13.7. The third-order valence-corrected chi connectivity index (χ3v) is 5.68. The predicted molar refractivity (Wildman–Crippen MR) is 109 cm³/mol. The van der Waals surface area contributed by atoms with Crippen LogP contribution in [0, 0.1) is 5.92 Å². The van der Waals surface area contributed by atoms with E-state index in [1.807, 2.05) is 26.0 Å². The van der Waals surface area contributed by atoms with Gasteiger partial charge in [0.2, 0.25) is 5.91 Å². The van der Waals surface area contributed by atoms with Crippen LogP contribution in [0.15, 0.2) is 42.5 Å². The molecular formula is C23H23F3N2O3. The van der Waals surface area contributed by atoms with E-state index in [-0.39, 0.29) is 29.8 Å². The van der Waals surface area contributed by atoms with Crippen LogP contribution in [0.25, 0.3) is 0 Å². The predicted octanol–water partition coefficient (Wildman–Crippen LogP) is 4.50. The van der Waals surface area contributed by atoms with Gasteiger partial charge in [-0.3, -0.25) is 9.59 Å². The van der Waals surface area contributed by atoms with Crippen LogP contribution < -0.4 is 9.64 Å². The normalized spacial score (nSPS) is 19.2. The lowest BCUT2D eigenvalue weighted by atomic mass is 9.99. The fourth-order valence-corrected chi connectivity index (χ4v) is 4.26. The Morgan fingerprint density at radius 2 is 1.87 bits per heavy atom. The van der Waals surface area contributed by atoms with Crippen molar-refractivity contribution in [3.63, 3.8) is 0 Å². The second-order valence-electron chi connectivity index (χ2n) is 8.34. The van der Waals surface area contributed by atoms with E-state index in [0.29, 0.717) is 12.1 Å². The Labute approximate surface area is 178 Å². The van der Waals surface area contributed by atoms with Gasteiger partial charge >= 0.3 is 6.18 Å². The molecular weight excluding hydrogens is 409 g/mol. The number of hydrogen-bond donors (Lipinski definition) is 0. The number of fused-ring (bicyclic) bond motifs is 2. The van der Waals surface area contributed by atoms with Crippen LogP contribution in [-0.4, -0.2) is 35.4 Å². The second kappa shape index (κ2) is 7.59. The Kier molecular flexibility index (Phi) is 5.19. The lowest BCUT2D eigenvalue weighted by Crippen LogP contribution is -2.54. The second-order valence-corrected chi connectivity index (χ2v) is 8.34. The smallest absolute Gasteiger partial charge is 0.416 e. The summed E-state index contributed by atoms with van der Waals surface area (Å²) in [6, 6.07) is 9.49. The lowest BCUT2D eigenvalue weighted by molar-refractivity contribution is -0.137. The molecule has 0 radical (unpaired) electrons. The molecule has 0 aliphatic carbocycles. The summed E-state index contributed by atoms with van der Waals surface area (Å²) in [5.41, 5.74) is 0.609. The fraction of sp³-hybridized carbons (Fsp3) is 0.391. The van der Waals surface area contributed by atoms with Gasteiger partial charge in [-0.05, 0) is 42.7 Å². The van der Waals surface area contributed by atoms with Crippen LogP contribution in [0.1, 0.15) is 42.3 Å². The van der Waals surface area contributed by atoms with Crippen molar-refractivity contribution in [3.05, 3.63) is 59.2 Å². The van der Waals surface area contributed by atoms with E-state index in [9.17, 15) is 22.8 Å². The highest BCUT2D eigenvalue weighted by Crippen LogP contribution is 2.40. The summed E-state index contributed by atoms with van der Waals surface area (Å²) in [4.78, 5) is 29.5. The summed E-state index contributed by atoms with van der Waals surface area (Å²) in [5.74, 6) is -0.670. The number of anilines is 1. The van der Waals surface area contributed by atoms with Crippen LogP contribution in [0.3, 0.4) is 0 Å². The topological polar surface area (TPSA) is 49.9 Å². The van der Waals surface area contributed by atoms with E-state index in [1.54, 1.807) is 19.1 Å². The summed E-state index contributed by atoms with van der Waals surface area (Å²) in [7, 11) is 0. The molecule has 0 bridgehead atoms. The first kappa shape index (κ1) is 21.2. The number of halogens is 3. The van der Waals surface area contributed by atoms with Gasteiger partial charge in [0.15, 0.2) is 0 Å². The Morgan fingerprint density at radius 1 is 1.16 bits per heavy atom. The molecule has 164 valence electrons. The van der Waals surface area contributed by atoms with Crippen molar-refractivity contribution in [2.24, 2.45) is 5.92 Å². The maximum Gasteiger partial charge on any atom is 0.416 e. The number of carbonyl (C=O) groups is 2. The van der Waals surface area contributed by atoms with E-state index in [1.165, 1.54) is 15.9 Å². The molecule has 31 heavy (non-hydrogen) atoms. The van der Waals surface area contributed by atoms with Gasteiger partial charge in [-0.15, -0.1) is 0 Å². The van der Waals surface area contributed by atoms with Gasteiger partial charge in [0.05, 0.1) is 17.8 Å². The number of ether oxygens (including phenoxy) is 1. The molecule has 2 heterocycles. The number of hydrogen-bond acceptors (Lipinski definition) is 3. The molecule has 1 unspecified atom stereocenters. The highest BCUT2D eigenvalue weighted by molar-refractivity contribution is 6.05. The average Bonchev–Trinajstić information content (AvgIpc) is 3.02. The van der Waals surface area contributed by atoms with Crippen LogP contribution in [-0.2, 0) is 17.5 Å². The molecule has 0 fully saturated rings. The van der Waals surface area contributed by atoms with E-state index in [0.717, 1.165) is 17.7 Å². The van der Waals surface area contributed by atoms with E-state index < -0.39 is 29.8 Å². The minimum atomic E-state index is -4.54. The number of benzene rings is 2. The van der Waals surface area contributed by atoms with Crippen molar-refractivity contribution in [2.45, 2.75) is 45.6 Å². The molecule has 0 saturated carbocycles. The zero-order chi connectivity index (χ0) is 22.5. The minimum absolute atomic E-state index is 0.0766. The van der Waals surface area contributed by atoms with Crippen molar-refractivity contribution in [2.75, 3.05) is 11.4 Å². The first-order valence-electron chi connectivity index (χ1n) is 10.2. The zero-order valence-electron chi connectivity index (χ0n) is 17.4. The standard InChI is InChI=1S/C23H23F3N2O3/c1-13(2)20(28-12-15-6-4-5-7-17(15)21(28)29)22(30)27-11-14(3)31-19-9-8-16(10-18(19)27)23(24,25)26/h4-10,13-14,20H,11-12H2,1-3H3/t14?,20-/m0/s1. The molecule has 0 aromatic heterocycles. The molecule has 8 heteroatoms. The van der Waals surface area contributed by atoms with Gasteiger partial charge in [0.1, 0.15) is 17.9 Å². The summed E-state index contributed by atoms with van der Waals surface area (Å²) in [6.07, 6.45) is -4.94. The molecule has 4 rings (SSSR count). The summed E-state index contributed by atoms with van der Waals surface area (Å²) in [6.45, 7) is 5.80. The van der Waals surface area contributed by atoms with Crippen molar-refractivity contribution in [1.82, 2.24) is 4.90 Å². The Balaban J connectivity index is 1.72. The number of alkyl halides is 3. The van der Waals surface area contributed by atoms with Crippen LogP contribution >= 0.6 is 0 Å². The molecule has 0 N–H and O–H groups in total. The molecule has 0 saturated heterocycles. The molecule has 2 atom stereocenters. The summed E-state index contributed by atoms with van der Waals surface area (Å²) < 4.78 is 45.6. The van der Waals surface area contributed by atoms with E-state index in [4.69, 9.17) is 4.74 Å². The first-order chi connectivity index (χ1) is 14.6. The number of rotatable bonds is 3. The molecule has 2 aromatic carbocycles. The van der Waals surface area contributed by atoms with Crippen LogP contribution in [0.2, 0.25) is 0 Å². The lowest BCUT2D eigenvalue weighted by Gasteiger charge is -2.39. The Bertz CT molecular complexity index is 1030. The summed E-state index contributed by atoms with van der Waals surface area (Å²) >= 11 is 0.